The molecule has 2 aromatic rings. The molecule has 2 aliphatic rings. The van der Waals surface area contributed by atoms with Crippen LogP contribution in [0.2, 0.25) is 0 Å². The third-order valence-corrected chi connectivity index (χ3v) is 7.39. The first-order chi connectivity index (χ1) is 15.4. The van der Waals surface area contributed by atoms with Crippen LogP contribution < -0.4 is 10.5 Å². The van der Waals surface area contributed by atoms with Gasteiger partial charge in [-0.15, -0.1) is 0 Å². The maximum absolute atomic E-state index is 13.6. The fourth-order valence-corrected chi connectivity index (χ4v) is 5.95. The van der Waals surface area contributed by atoms with Crippen LogP contribution in [0, 0.1) is 6.92 Å². The third-order valence-electron chi connectivity index (χ3n) is 6.06. The van der Waals surface area contributed by atoms with Gasteiger partial charge in [0.25, 0.3) is 11.5 Å². The molecule has 4 rings (SSSR count). The van der Waals surface area contributed by atoms with Crippen molar-refractivity contribution in [3.05, 3.63) is 44.7 Å². The van der Waals surface area contributed by atoms with Crippen LogP contribution >= 0.6 is 24.0 Å². The maximum atomic E-state index is 13.6. The number of aryl methyl sites for hydroxylation is 1. The molecular formula is C24H30N4O2S2. The molecule has 3 heterocycles. The Labute approximate surface area is 198 Å². The van der Waals surface area contributed by atoms with Crippen molar-refractivity contribution in [2.75, 3.05) is 18.0 Å². The van der Waals surface area contributed by atoms with Crippen molar-refractivity contribution in [3.63, 3.8) is 0 Å². The average molecular weight is 471 g/mol. The standard InChI is InChI=1S/C24H30N4O2S2/c1-4-12-26(13-5-2)21-18(22(29)27-15-16(3)10-11-20(27)25-21)14-19-23(30)28(24(31)32-19)17-8-6-7-9-17/h10-11,14-15,17H,4-9,12-13H2,1-3H3. The van der Waals surface area contributed by atoms with E-state index in [0.29, 0.717) is 26.3 Å². The number of rotatable bonds is 7. The Kier molecular flexibility index (Phi) is 7.00. The van der Waals surface area contributed by atoms with E-state index < -0.39 is 0 Å². The molecule has 0 aromatic carbocycles. The number of fused-ring (bicyclic) bond motifs is 1. The van der Waals surface area contributed by atoms with Gasteiger partial charge in [-0.25, -0.2) is 4.98 Å². The zero-order valence-corrected chi connectivity index (χ0v) is 20.6. The van der Waals surface area contributed by atoms with Crippen LogP contribution in [0.5, 0.6) is 0 Å². The summed E-state index contributed by atoms with van der Waals surface area (Å²) in [6.07, 6.45) is 9.66. The summed E-state index contributed by atoms with van der Waals surface area (Å²) in [5.41, 5.74) is 1.90. The van der Waals surface area contributed by atoms with E-state index in [0.717, 1.165) is 57.2 Å². The van der Waals surface area contributed by atoms with Gasteiger partial charge in [-0.3, -0.25) is 18.9 Å². The SMILES string of the molecule is CCCN(CCC)c1nc2ccc(C)cn2c(=O)c1C=C1SC(=S)N(C2CCCC2)C1=O. The molecule has 0 bridgehead atoms. The third kappa shape index (κ3) is 4.35. The van der Waals surface area contributed by atoms with Crippen molar-refractivity contribution < 1.29 is 4.79 Å². The molecule has 0 N–H and O–H groups in total. The monoisotopic (exact) mass is 470 g/mol. The summed E-state index contributed by atoms with van der Waals surface area (Å²) in [7, 11) is 0. The number of thioether (sulfide) groups is 1. The zero-order valence-electron chi connectivity index (χ0n) is 19.0. The quantitative estimate of drug-likeness (QED) is 0.429. The van der Waals surface area contributed by atoms with Crippen LogP contribution in [-0.4, -0.2) is 43.6 Å². The highest BCUT2D eigenvalue weighted by atomic mass is 32.2. The number of nitrogens with zero attached hydrogens (tertiary/aromatic N) is 4. The molecule has 32 heavy (non-hydrogen) atoms. The lowest BCUT2D eigenvalue weighted by molar-refractivity contribution is -0.123. The van der Waals surface area contributed by atoms with Crippen molar-refractivity contribution in [1.29, 1.82) is 0 Å². The molecule has 1 aliphatic carbocycles. The topological polar surface area (TPSA) is 57.9 Å². The summed E-state index contributed by atoms with van der Waals surface area (Å²) < 4.78 is 2.18. The minimum atomic E-state index is -0.156. The number of anilines is 1. The van der Waals surface area contributed by atoms with Gasteiger partial charge in [-0.2, -0.15) is 0 Å². The summed E-state index contributed by atoms with van der Waals surface area (Å²) >= 11 is 6.86. The number of amides is 1. The highest BCUT2D eigenvalue weighted by Gasteiger charge is 2.38. The Morgan fingerprint density at radius 3 is 2.53 bits per heavy atom. The first kappa shape index (κ1) is 23.0. The molecule has 2 aromatic heterocycles. The van der Waals surface area contributed by atoms with E-state index >= 15 is 0 Å². The van der Waals surface area contributed by atoms with Crippen molar-refractivity contribution in [2.24, 2.45) is 0 Å². The number of carbonyl (C=O) groups is 1. The van der Waals surface area contributed by atoms with E-state index in [1.54, 1.807) is 21.6 Å². The summed E-state index contributed by atoms with van der Waals surface area (Å²) in [6, 6.07) is 4.02. The van der Waals surface area contributed by atoms with Crippen LogP contribution in [-0.2, 0) is 4.79 Å². The minimum absolute atomic E-state index is 0.0795. The predicted molar refractivity (Wildman–Crippen MR) is 136 cm³/mol. The number of carbonyl (C=O) groups excluding carboxylic acids is 1. The maximum Gasteiger partial charge on any atom is 0.267 e. The Hall–Kier alpha value is -2.19. The lowest BCUT2D eigenvalue weighted by atomic mass is 10.2. The lowest BCUT2D eigenvalue weighted by Crippen LogP contribution is -2.36. The largest absolute Gasteiger partial charge is 0.356 e. The fraction of sp³-hybridized carbons (Fsp3) is 0.500. The number of pyridine rings is 1. The van der Waals surface area contributed by atoms with Gasteiger partial charge in [-0.1, -0.05) is 56.7 Å². The summed E-state index contributed by atoms with van der Waals surface area (Å²) in [5, 5.41) is 0. The highest BCUT2D eigenvalue weighted by Crippen LogP contribution is 2.38. The van der Waals surface area contributed by atoms with Crippen LogP contribution in [0.25, 0.3) is 11.7 Å². The number of hydrogen-bond donors (Lipinski definition) is 0. The molecule has 0 spiro atoms. The van der Waals surface area contributed by atoms with Gasteiger partial charge in [-0.05, 0) is 50.3 Å². The van der Waals surface area contributed by atoms with Crippen molar-refractivity contribution in [2.45, 2.75) is 65.3 Å². The number of thiocarbonyl (C=S) groups is 1. The molecular weight excluding hydrogens is 440 g/mol. The van der Waals surface area contributed by atoms with Gasteiger partial charge >= 0.3 is 0 Å². The van der Waals surface area contributed by atoms with E-state index in [-0.39, 0.29) is 17.5 Å². The van der Waals surface area contributed by atoms with Crippen molar-refractivity contribution >= 4 is 51.7 Å². The number of aromatic nitrogens is 2. The average Bonchev–Trinajstić information content (AvgIpc) is 3.38. The van der Waals surface area contributed by atoms with Gasteiger partial charge in [0, 0.05) is 25.3 Å². The van der Waals surface area contributed by atoms with Gasteiger partial charge in [0.05, 0.1) is 10.5 Å². The molecule has 0 radical (unpaired) electrons. The van der Waals surface area contributed by atoms with E-state index in [2.05, 4.69) is 18.7 Å². The molecule has 2 fully saturated rings. The van der Waals surface area contributed by atoms with Crippen LogP contribution in [0.4, 0.5) is 5.82 Å². The zero-order chi connectivity index (χ0) is 22.8. The predicted octanol–water partition coefficient (Wildman–Crippen LogP) is 4.77. The normalized spacial score (nSPS) is 18.5. The second-order valence-corrected chi connectivity index (χ2v) is 10.2. The first-order valence-corrected chi connectivity index (χ1v) is 12.7. The van der Waals surface area contributed by atoms with E-state index in [9.17, 15) is 9.59 Å². The van der Waals surface area contributed by atoms with Gasteiger partial charge in [0.2, 0.25) is 0 Å². The van der Waals surface area contributed by atoms with Gasteiger partial charge in [0.1, 0.15) is 15.8 Å². The minimum Gasteiger partial charge on any atom is -0.356 e. The van der Waals surface area contributed by atoms with E-state index in [4.69, 9.17) is 17.2 Å². The van der Waals surface area contributed by atoms with Crippen molar-refractivity contribution in [3.8, 4) is 0 Å². The van der Waals surface area contributed by atoms with Crippen LogP contribution in [0.15, 0.2) is 28.0 Å². The Morgan fingerprint density at radius 1 is 1.19 bits per heavy atom. The van der Waals surface area contributed by atoms with E-state index in [1.165, 1.54) is 11.8 Å². The lowest BCUT2D eigenvalue weighted by Gasteiger charge is -2.24. The molecule has 1 saturated carbocycles. The highest BCUT2D eigenvalue weighted by molar-refractivity contribution is 8.26. The summed E-state index contributed by atoms with van der Waals surface area (Å²) in [6.45, 7) is 7.78. The molecule has 8 heteroatoms. The second kappa shape index (κ2) is 9.75. The van der Waals surface area contributed by atoms with Crippen molar-refractivity contribution in [1.82, 2.24) is 14.3 Å². The van der Waals surface area contributed by atoms with E-state index in [1.807, 2.05) is 19.1 Å². The smallest absolute Gasteiger partial charge is 0.267 e. The molecule has 0 atom stereocenters. The summed E-state index contributed by atoms with van der Waals surface area (Å²) in [4.78, 5) is 36.2. The Bertz CT molecular complexity index is 1130. The molecule has 170 valence electrons. The fourth-order valence-electron chi connectivity index (χ4n) is 4.57. The van der Waals surface area contributed by atoms with Gasteiger partial charge in [0.15, 0.2) is 0 Å². The van der Waals surface area contributed by atoms with Crippen LogP contribution in [0.1, 0.15) is 63.5 Å². The molecule has 1 amide bonds. The molecule has 6 nitrogen and oxygen atoms in total. The first-order valence-electron chi connectivity index (χ1n) is 11.5. The molecule has 1 aliphatic heterocycles. The summed E-state index contributed by atoms with van der Waals surface area (Å²) in [5.74, 6) is 0.567. The Balaban J connectivity index is 1.85. The molecule has 0 unspecified atom stereocenters. The Morgan fingerprint density at radius 2 is 1.88 bits per heavy atom. The van der Waals surface area contributed by atoms with Gasteiger partial charge < -0.3 is 4.90 Å². The number of hydrogen-bond acceptors (Lipinski definition) is 6. The molecule has 1 saturated heterocycles. The second-order valence-electron chi connectivity index (χ2n) is 8.57. The van der Waals surface area contributed by atoms with Crippen LogP contribution in [0.3, 0.4) is 0 Å².